The van der Waals surface area contributed by atoms with Crippen LogP contribution in [0.1, 0.15) is 54.9 Å². The van der Waals surface area contributed by atoms with E-state index < -0.39 is 11.9 Å². The van der Waals surface area contributed by atoms with Gasteiger partial charge in [-0.15, -0.1) is 0 Å². The highest BCUT2D eigenvalue weighted by molar-refractivity contribution is 6.04. The number of rotatable bonds is 14. The van der Waals surface area contributed by atoms with Gasteiger partial charge < -0.3 is 35.8 Å². The Bertz CT molecular complexity index is 2140. The van der Waals surface area contributed by atoms with Crippen molar-refractivity contribution in [3.63, 3.8) is 0 Å². The molecule has 15 nitrogen and oxygen atoms in total. The molecule has 0 radical (unpaired) electrons. The van der Waals surface area contributed by atoms with E-state index in [1.54, 1.807) is 0 Å². The second kappa shape index (κ2) is 18.6. The van der Waals surface area contributed by atoms with Gasteiger partial charge >= 0.3 is 0 Å². The van der Waals surface area contributed by atoms with Crippen molar-refractivity contribution < 1.29 is 23.9 Å². The maximum absolute atomic E-state index is 13.4. The molecular formula is C45H56N10O5. The number of primary amides is 1. The number of nitrogens with one attached hydrogen (secondary N) is 3. The third-order valence-electron chi connectivity index (χ3n) is 12.4. The molecule has 3 aromatic carbocycles. The smallest absolute Gasteiger partial charge is 0.254 e. The van der Waals surface area contributed by atoms with Gasteiger partial charge in [0.1, 0.15) is 34.6 Å². The van der Waals surface area contributed by atoms with Crippen molar-refractivity contribution in [3.05, 3.63) is 84.4 Å². The van der Waals surface area contributed by atoms with Gasteiger partial charge in [-0.2, -0.15) is 5.10 Å². The Labute approximate surface area is 351 Å². The lowest BCUT2D eigenvalue weighted by molar-refractivity contribution is -0.134. The number of hydrogen-bond donors (Lipinski definition) is 4. The zero-order valence-electron chi connectivity index (χ0n) is 34.4. The Morgan fingerprint density at radius 3 is 2.37 bits per heavy atom. The molecule has 15 heteroatoms. The molecule has 60 heavy (non-hydrogen) atoms. The molecule has 3 saturated heterocycles. The maximum atomic E-state index is 13.4. The first-order valence-electron chi connectivity index (χ1n) is 21.3. The number of carbonyl (C=O) groups is 4. The van der Waals surface area contributed by atoms with Crippen molar-refractivity contribution in [3.8, 4) is 22.8 Å². The largest absolute Gasteiger partial charge is 0.457 e. The van der Waals surface area contributed by atoms with Gasteiger partial charge in [0.05, 0.1) is 6.04 Å². The Morgan fingerprint density at radius 1 is 0.883 bits per heavy atom. The molecule has 0 bridgehead atoms. The number of likely N-dealkylation sites (N-methyl/N-ethyl adjacent to an activating group) is 1. The molecular weight excluding hydrogens is 761 g/mol. The first-order valence-corrected chi connectivity index (χ1v) is 21.3. The number of fused-ring (bicyclic) bond motifs is 1. The minimum Gasteiger partial charge on any atom is -0.457 e. The van der Waals surface area contributed by atoms with E-state index in [0.29, 0.717) is 67.6 Å². The van der Waals surface area contributed by atoms with Gasteiger partial charge in [-0.25, -0.2) is 4.68 Å². The molecule has 3 fully saturated rings. The van der Waals surface area contributed by atoms with Gasteiger partial charge in [0.25, 0.3) is 5.91 Å². The number of carbonyl (C=O) groups excluding carboxylic acids is 4. The van der Waals surface area contributed by atoms with E-state index in [4.69, 9.17) is 15.6 Å². The number of imide groups is 1. The molecule has 5 N–H and O–H groups in total. The molecule has 316 valence electrons. The summed E-state index contributed by atoms with van der Waals surface area (Å²) in [5.74, 6) is 1.63. The molecule has 4 aliphatic rings. The molecule has 4 amide bonds. The number of anilines is 3. The number of likely N-dealkylation sites (tertiary alicyclic amines) is 1. The Kier molecular flexibility index (Phi) is 12.6. The van der Waals surface area contributed by atoms with Crippen LogP contribution in [0.5, 0.6) is 11.5 Å². The summed E-state index contributed by atoms with van der Waals surface area (Å²) in [7, 11) is 2.09. The Morgan fingerprint density at radius 2 is 1.63 bits per heavy atom. The second-order valence-corrected chi connectivity index (χ2v) is 16.4. The third-order valence-corrected chi connectivity index (χ3v) is 12.4. The number of para-hydroxylation sites is 1. The van der Waals surface area contributed by atoms with E-state index in [1.165, 1.54) is 0 Å². The van der Waals surface area contributed by atoms with Gasteiger partial charge in [-0.1, -0.05) is 24.3 Å². The van der Waals surface area contributed by atoms with Gasteiger partial charge in [0, 0.05) is 95.2 Å². The fraction of sp³-hybridized carbons (Fsp3) is 0.444. The topological polar surface area (TPSA) is 170 Å². The fourth-order valence-electron chi connectivity index (χ4n) is 8.94. The van der Waals surface area contributed by atoms with Crippen LogP contribution in [0.15, 0.2) is 78.9 Å². The van der Waals surface area contributed by atoms with Crippen LogP contribution in [0.3, 0.4) is 0 Å². The van der Waals surface area contributed by atoms with Gasteiger partial charge in [-0.05, 0) is 93.2 Å². The highest BCUT2D eigenvalue weighted by atomic mass is 16.5. The lowest BCUT2D eigenvalue weighted by Crippen LogP contribution is -2.48. The van der Waals surface area contributed by atoms with E-state index >= 15 is 0 Å². The second-order valence-electron chi connectivity index (χ2n) is 16.4. The third kappa shape index (κ3) is 9.58. The van der Waals surface area contributed by atoms with Crippen LogP contribution in [0.2, 0.25) is 0 Å². The summed E-state index contributed by atoms with van der Waals surface area (Å²) in [5, 5.41) is 14.1. The summed E-state index contributed by atoms with van der Waals surface area (Å²) in [6.45, 7) is 8.42. The number of piperidine rings is 2. The molecule has 0 aliphatic carbocycles. The van der Waals surface area contributed by atoms with E-state index in [0.717, 1.165) is 87.8 Å². The van der Waals surface area contributed by atoms with Crippen LogP contribution in [0.25, 0.3) is 11.3 Å². The zero-order chi connectivity index (χ0) is 41.6. The average Bonchev–Trinajstić information content (AvgIpc) is 3.67. The maximum Gasteiger partial charge on any atom is 0.254 e. The molecule has 8 rings (SSSR count). The number of hydrogen-bond acceptors (Lipinski definition) is 11. The summed E-state index contributed by atoms with van der Waals surface area (Å²) in [6, 6.07) is 25.0. The highest BCUT2D eigenvalue weighted by Gasteiger charge is 2.36. The van der Waals surface area contributed by atoms with E-state index in [9.17, 15) is 19.2 Å². The summed E-state index contributed by atoms with van der Waals surface area (Å²) in [6.07, 6.45) is 3.98. The van der Waals surface area contributed by atoms with Crippen LogP contribution >= 0.6 is 0 Å². The van der Waals surface area contributed by atoms with Crippen molar-refractivity contribution in [1.82, 2.24) is 29.8 Å². The molecule has 4 aromatic rings. The number of nitrogens with zero attached hydrogens (tertiary/aromatic N) is 6. The first kappa shape index (κ1) is 40.8. The van der Waals surface area contributed by atoms with Gasteiger partial charge in [0.2, 0.25) is 17.7 Å². The summed E-state index contributed by atoms with van der Waals surface area (Å²) >= 11 is 0. The minimum atomic E-state index is -0.516. The number of ether oxygens (including phenoxy) is 1. The van der Waals surface area contributed by atoms with Crippen LogP contribution in [-0.2, 0) is 14.4 Å². The molecule has 0 saturated carbocycles. The number of benzene rings is 3. The van der Waals surface area contributed by atoms with Crippen molar-refractivity contribution in [2.24, 2.45) is 11.7 Å². The predicted octanol–water partition coefficient (Wildman–Crippen LogP) is 4.40. The standard InChI is InChI=1S/C45H56N10O5/c1-51(24-25-52-26-28-53(29-27-52)34-7-5-6-33(30-34)48-37-14-15-39(56)49-45(37)59)21-19-40(57)54-22-17-31(18-23-54)38-16-20-47-44-41(43(46)58)42(50-55(38)44)32-10-12-36(13-11-32)60-35-8-3-2-4-9-35/h2-13,30-31,37-38,47-48H,14-29H2,1H3,(H2,46,58)(H,49,56,59)/t37?,38-/m0/s1. The number of nitrogens with two attached hydrogens (primary N) is 1. The van der Waals surface area contributed by atoms with E-state index in [2.05, 4.69) is 49.8 Å². The summed E-state index contributed by atoms with van der Waals surface area (Å²) in [5.41, 5.74) is 9.72. The predicted molar refractivity (Wildman–Crippen MR) is 231 cm³/mol. The van der Waals surface area contributed by atoms with Crippen molar-refractivity contribution in [2.45, 2.75) is 50.6 Å². The van der Waals surface area contributed by atoms with Crippen molar-refractivity contribution >= 4 is 40.8 Å². The Balaban J connectivity index is 0.774. The molecule has 4 aliphatic heterocycles. The average molecular weight is 817 g/mol. The van der Waals surface area contributed by atoms with Gasteiger partial charge in [-0.3, -0.25) is 29.4 Å². The summed E-state index contributed by atoms with van der Waals surface area (Å²) < 4.78 is 7.95. The fourth-order valence-corrected chi connectivity index (χ4v) is 8.94. The Hall–Kier alpha value is -5.93. The molecule has 1 unspecified atom stereocenters. The zero-order valence-corrected chi connectivity index (χ0v) is 34.4. The molecule has 5 heterocycles. The SMILES string of the molecule is CN(CCC(=O)N1CCC([C@@H]2CCNc3c(C(N)=O)c(-c4ccc(Oc5ccccc5)cc4)nn32)CC1)CCN1CCN(c2cccc(NC3CCC(=O)NC3=O)c2)CC1. The van der Waals surface area contributed by atoms with Crippen molar-refractivity contribution in [2.75, 3.05) is 88.0 Å². The number of piperazine rings is 1. The van der Waals surface area contributed by atoms with E-state index in [1.807, 2.05) is 76.3 Å². The normalized spacial score (nSPS) is 20.0. The molecule has 1 aromatic heterocycles. The van der Waals surface area contributed by atoms with Crippen LogP contribution in [-0.4, -0.2) is 127 Å². The van der Waals surface area contributed by atoms with Crippen LogP contribution in [0.4, 0.5) is 17.2 Å². The lowest BCUT2D eigenvalue weighted by Gasteiger charge is -2.38. The number of amides is 4. The van der Waals surface area contributed by atoms with Crippen molar-refractivity contribution in [1.29, 1.82) is 0 Å². The number of aromatic nitrogens is 2. The van der Waals surface area contributed by atoms with Gasteiger partial charge in [0.15, 0.2) is 0 Å². The molecule has 2 atom stereocenters. The monoisotopic (exact) mass is 816 g/mol. The van der Waals surface area contributed by atoms with Crippen LogP contribution in [0, 0.1) is 5.92 Å². The quantitative estimate of drug-likeness (QED) is 0.133. The van der Waals surface area contributed by atoms with E-state index in [-0.39, 0.29) is 23.8 Å². The first-order chi connectivity index (χ1) is 29.2. The minimum absolute atomic E-state index is 0.103. The van der Waals surface area contributed by atoms with Crippen LogP contribution < -0.4 is 31.3 Å². The molecule has 0 spiro atoms. The summed E-state index contributed by atoms with van der Waals surface area (Å²) in [4.78, 5) is 59.1. The lowest BCUT2D eigenvalue weighted by atomic mass is 9.86. The highest BCUT2D eigenvalue weighted by Crippen LogP contribution is 2.40.